The van der Waals surface area contributed by atoms with Gasteiger partial charge in [0.15, 0.2) is 5.65 Å². The summed E-state index contributed by atoms with van der Waals surface area (Å²) in [5.74, 6) is 0.746. The highest BCUT2D eigenvalue weighted by Gasteiger charge is 2.00. The number of fused-ring (bicyclic) bond motifs is 1. The first-order valence-corrected chi connectivity index (χ1v) is 5.66. The molecule has 0 unspecified atom stereocenters. The maximum absolute atomic E-state index is 4.24. The fourth-order valence-electron chi connectivity index (χ4n) is 1.64. The molecule has 18 heavy (non-hydrogen) atoms. The zero-order valence-corrected chi connectivity index (χ0v) is 9.91. The highest BCUT2D eigenvalue weighted by atomic mass is 15.6. The highest BCUT2D eigenvalue weighted by molar-refractivity contribution is 5.42. The summed E-state index contributed by atoms with van der Waals surface area (Å²) < 4.78 is 1.40. The lowest BCUT2D eigenvalue weighted by Crippen LogP contribution is -2.04. The number of aromatic nitrogens is 5. The Balaban J connectivity index is 1.74. The van der Waals surface area contributed by atoms with Crippen molar-refractivity contribution < 1.29 is 0 Å². The van der Waals surface area contributed by atoms with Gasteiger partial charge in [0.05, 0.1) is 0 Å². The molecule has 0 fully saturated rings. The molecule has 0 saturated carbocycles. The largest absolute Gasteiger partial charge is 0.365 e. The predicted molar refractivity (Wildman–Crippen MR) is 67.1 cm³/mol. The number of nitrogens with one attached hydrogen (secondary N) is 1. The van der Waals surface area contributed by atoms with Crippen LogP contribution in [0.1, 0.15) is 11.1 Å². The van der Waals surface area contributed by atoms with Crippen LogP contribution in [-0.4, -0.2) is 25.3 Å². The second kappa shape index (κ2) is 4.40. The van der Waals surface area contributed by atoms with Crippen molar-refractivity contribution in [3.05, 3.63) is 47.5 Å². The Morgan fingerprint density at radius 1 is 1.11 bits per heavy atom. The van der Waals surface area contributed by atoms with E-state index in [0.29, 0.717) is 5.65 Å². The molecule has 0 aliphatic carbocycles. The summed E-state index contributed by atoms with van der Waals surface area (Å²) in [6, 6.07) is 12.1. The first-order valence-electron chi connectivity index (χ1n) is 5.66. The number of nitrogens with zero attached hydrogens (tertiary/aromatic N) is 5. The molecule has 0 aliphatic rings. The summed E-state index contributed by atoms with van der Waals surface area (Å²) in [4.78, 5) is 0. The normalized spacial score (nSPS) is 10.7. The maximum atomic E-state index is 4.24. The summed E-state index contributed by atoms with van der Waals surface area (Å²) in [6.45, 7) is 2.80. The molecule has 6 heteroatoms. The molecule has 3 rings (SSSR count). The van der Waals surface area contributed by atoms with Gasteiger partial charge in [0.25, 0.3) is 0 Å². The first kappa shape index (κ1) is 10.6. The molecule has 2 aromatic heterocycles. The van der Waals surface area contributed by atoms with Crippen LogP contribution in [0.5, 0.6) is 0 Å². The van der Waals surface area contributed by atoms with E-state index in [9.17, 15) is 0 Å². The molecule has 0 aliphatic heterocycles. The van der Waals surface area contributed by atoms with Gasteiger partial charge in [-0.3, -0.25) is 0 Å². The summed E-state index contributed by atoms with van der Waals surface area (Å²) in [5, 5.41) is 18.6. The smallest absolute Gasteiger partial charge is 0.200 e. The van der Waals surface area contributed by atoms with Gasteiger partial charge < -0.3 is 5.32 Å². The third-order valence-corrected chi connectivity index (χ3v) is 2.66. The lowest BCUT2D eigenvalue weighted by Gasteiger charge is -2.05. The number of hydrogen-bond acceptors (Lipinski definition) is 5. The molecular formula is C12H12N6. The van der Waals surface area contributed by atoms with Crippen molar-refractivity contribution in [2.75, 3.05) is 5.32 Å². The Kier molecular flexibility index (Phi) is 2.60. The standard InChI is InChI=1S/C12H12N6/c1-9-2-4-10(5-3-9)8-13-11-6-7-12-14-16-17-18(12)15-11/h2-7H,8H2,1H3,(H,13,15). The third-order valence-electron chi connectivity index (χ3n) is 2.66. The molecule has 6 nitrogen and oxygen atoms in total. The number of tetrazole rings is 1. The van der Waals surface area contributed by atoms with Crippen LogP contribution in [0.25, 0.3) is 5.65 Å². The van der Waals surface area contributed by atoms with E-state index in [2.05, 4.69) is 57.1 Å². The van der Waals surface area contributed by atoms with Gasteiger partial charge in [0.2, 0.25) is 0 Å². The van der Waals surface area contributed by atoms with E-state index in [1.54, 1.807) is 0 Å². The molecule has 0 amide bonds. The van der Waals surface area contributed by atoms with Gasteiger partial charge in [-0.2, -0.15) is 0 Å². The third kappa shape index (κ3) is 2.13. The van der Waals surface area contributed by atoms with E-state index in [-0.39, 0.29) is 0 Å². The number of anilines is 1. The van der Waals surface area contributed by atoms with Crippen LogP contribution in [0.15, 0.2) is 36.4 Å². The molecule has 0 radical (unpaired) electrons. The molecule has 1 aromatic carbocycles. The van der Waals surface area contributed by atoms with Gasteiger partial charge >= 0.3 is 0 Å². The van der Waals surface area contributed by atoms with Gasteiger partial charge in [-0.15, -0.1) is 14.8 Å². The summed E-state index contributed by atoms with van der Waals surface area (Å²) >= 11 is 0. The maximum Gasteiger partial charge on any atom is 0.200 e. The average molecular weight is 240 g/mol. The Hall–Kier alpha value is -2.50. The van der Waals surface area contributed by atoms with Crippen LogP contribution >= 0.6 is 0 Å². The average Bonchev–Trinajstić information content (AvgIpc) is 2.85. The molecule has 0 atom stereocenters. The molecule has 0 spiro atoms. The molecule has 3 aromatic rings. The van der Waals surface area contributed by atoms with Crippen molar-refractivity contribution in [3.8, 4) is 0 Å². The monoisotopic (exact) mass is 240 g/mol. The molecule has 0 bridgehead atoms. The van der Waals surface area contributed by atoms with Crippen molar-refractivity contribution in [1.82, 2.24) is 25.3 Å². The summed E-state index contributed by atoms with van der Waals surface area (Å²) in [7, 11) is 0. The van der Waals surface area contributed by atoms with Crippen LogP contribution < -0.4 is 5.32 Å². The van der Waals surface area contributed by atoms with Crippen LogP contribution in [-0.2, 0) is 6.54 Å². The summed E-state index contributed by atoms with van der Waals surface area (Å²) in [5.41, 5.74) is 3.10. The molecule has 90 valence electrons. The topological polar surface area (TPSA) is 68.0 Å². The van der Waals surface area contributed by atoms with E-state index in [4.69, 9.17) is 0 Å². The minimum Gasteiger partial charge on any atom is -0.365 e. The zero-order chi connectivity index (χ0) is 12.4. The van der Waals surface area contributed by atoms with E-state index < -0.39 is 0 Å². The first-order chi connectivity index (χ1) is 8.81. The lowest BCUT2D eigenvalue weighted by molar-refractivity contribution is 0.734. The number of rotatable bonds is 3. The fraction of sp³-hybridized carbons (Fsp3) is 0.167. The Morgan fingerprint density at radius 3 is 2.78 bits per heavy atom. The molecular weight excluding hydrogens is 228 g/mol. The Labute approximate surface area is 104 Å². The van der Waals surface area contributed by atoms with E-state index in [1.165, 1.54) is 15.8 Å². The van der Waals surface area contributed by atoms with Gasteiger partial charge in [0, 0.05) is 6.54 Å². The minimum atomic E-state index is 0.635. The van der Waals surface area contributed by atoms with Crippen molar-refractivity contribution >= 4 is 11.5 Å². The second-order valence-electron chi connectivity index (χ2n) is 4.08. The van der Waals surface area contributed by atoms with Crippen molar-refractivity contribution in [2.45, 2.75) is 13.5 Å². The van der Waals surface area contributed by atoms with E-state index in [1.807, 2.05) is 12.1 Å². The Morgan fingerprint density at radius 2 is 1.94 bits per heavy atom. The SMILES string of the molecule is Cc1ccc(CNc2ccc3nnnn3n2)cc1. The number of aryl methyl sites for hydroxylation is 1. The molecule has 0 saturated heterocycles. The van der Waals surface area contributed by atoms with Gasteiger partial charge in [-0.25, -0.2) is 0 Å². The predicted octanol–water partition coefficient (Wildman–Crippen LogP) is 1.44. The highest BCUT2D eigenvalue weighted by Crippen LogP contribution is 2.07. The quantitative estimate of drug-likeness (QED) is 0.750. The van der Waals surface area contributed by atoms with Gasteiger partial charge in [0.1, 0.15) is 5.82 Å². The number of hydrogen-bond donors (Lipinski definition) is 1. The Bertz CT molecular complexity index is 658. The summed E-state index contributed by atoms with van der Waals surface area (Å²) in [6.07, 6.45) is 0. The van der Waals surface area contributed by atoms with Crippen LogP contribution in [0, 0.1) is 6.92 Å². The van der Waals surface area contributed by atoms with E-state index >= 15 is 0 Å². The van der Waals surface area contributed by atoms with Crippen molar-refractivity contribution in [2.24, 2.45) is 0 Å². The molecule has 1 N–H and O–H groups in total. The second-order valence-corrected chi connectivity index (χ2v) is 4.08. The van der Waals surface area contributed by atoms with Gasteiger partial charge in [-0.05, 0) is 35.0 Å². The molecule has 2 heterocycles. The number of benzene rings is 1. The fourth-order valence-corrected chi connectivity index (χ4v) is 1.64. The van der Waals surface area contributed by atoms with Crippen molar-refractivity contribution in [1.29, 1.82) is 0 Å². The van der Waals surface area contributed by atoms with E-state index in [0.717, 1.165) is 12.4 Å². The zero-order valence-electron chi connectivity index (χ0n) is 9.91. The van der Waals surface area contributed by atoms with Crippen LogP contribution in [0.2, 0.25) is 0 Å². The minimum absolute atomic E-state index is 0.635. The lowest BCUT2D eigenvalue weighted by atomic mass is 10.1. The van der Waals surface area contributed by atoms with Gasteiger partial charge in [-0.1, -0.05) is 29.8 Å². The van der Waals surface area contributed by atoms with Crippen molar-refractivity contribution in [3.63, 3.8) is 0 Å². The van der Waals surface area contributed by atoms with Crippen LogP contribution in [0.3, 0.4) is 0 Å². The van der Waals surface area contributed by atoms with Crippen LogP contribution in [0.4, 0.5) is 5.82 Å².